The number of anilines is 1. The predicted molar refractivity (Wildman–Crippen MR) is 111 cm³/mol. The molecule has 0 radical (unpaired) electrons. The SMILES string of the molecule is N#CC(C(N)=O)C1CCC(CCN2CCN(c3cccc(Br)c3)CC2)CC1. The molecule has 2 aliphatic rings. The Morgan fingerprint density at radius 2 is 1.93 bits per heavy atom. The maximum Gasteiger partial charge on any atom is 0.235 e. The molecule has 1 atom stereocenters. The second kappa shape index (κ2) is 9.57. The van der Waals surface area contributed by atoms with Crippen LogP contribution < -0.4 is 10.6 Å². The van der Waals surface area contributed by atoms with E-state index in [4.69, 9.17) is 11.0 Å². The molecule has 0 spiro atoms. The lowest BCUT2D eigenvalue weighted by atomic mass is 9.75. The summed E-state index contributed by atoms with van der Waals surface area (Å²) >= 11 is 3.55. The number of amides is 1. The highest BCUT2D eigenvalue weighted by Crippen LogP contribution is 2.35. The summed E-state index contributed by atoms with van der Waals surface area (Å²) in [6.07, 6.45) is 5.38. The van der Waals surface area contributed by atoms with Crippen LogP contribution in [0.3, 0.4) is 0 Å². The number of piperazine rings is 1. The van der Waals surface area contributed by atoms with Gasteiger partial charge in [-0.25, -0.2) is 0 Å². The van der Waals surface area contributed by atoms with Gasteiger partial charge >= 0.3 is 0 Å². The Kier molecular flexibility index (Phi) is 7.14. The largest absolute Gasteiger partial charge is 0.369 e. The van der Waals surface area contributed by atoms with Crippen molar-refractivity contribution in [1.29, 1.82) is 5.26 Å². The van der Waals surface area contributed by atoms with Gasteiger partial charge in [0.2, 0.25) is 5.91 Å². The van der Waals surface area contributed by atoms with Gasteiger partial charge in [-0.15, -0.1) is 0 Å². The van der Waals surface area contributed by atoms with Gasteiger partial charge in [-0.3, -0.25) is 9.69 Å². The Bertz CT molecular complexity index is 673. The maximum atomic E-state index is 11.4. The number of nitrogens with two attached hydrogens (primary N) is 1. The Labute approximate surface area is 170 Å². The van der Waals surface area contributed by atoms with E-state index in [9.17, 15) is 4.79 Å². The van der Waals surface area contributed by atoms with Gasteiger partial charge in [0.05, 0.1) is 6.07 Å². The average Bonchev–Trinajstić information content (AvgIpc) is 2.68. The molecular formula is C21H29BrN4O. The van der Waals surface area contributed by atoms with E-state index in [0.29, 0.717) is 0 Å². The van der Waals surface area contributed by atoms with Crippen molar-refractivity contribution < 1.29 is 4.79 Å². The summed E-state index contributed by atoms with van der Waals surface area (Å²) in [5, 5.41) is 9.14. The second-order valence-corrected chi connectivity index (χ2v) is 8.80. The molecule has 1 aliphatic carbocycles. The number of rotatable bonds is 6. The van der Waals surface area contributed by atoms with Crippen LogP contribution in [0.5, 0.6) is 0 Å². The number of nitrogens with zero attached hydrogens (tertiary/aromatic N) is 3. The van der Waals surface area contributed by atoms with Crippen molar-refractivity contribution in [3.63, 3.8) is 0 Å². The number of hydrogen-bond donors (Lipinski definition) is 1. The summed E-state index contributed by atoms with van der Waals surface area (Å²) in [6, 6.07) is 10.6. The zero-order valence-electron chi connectivity index (χ0n) is 15.8. The zero-order chi connectivity index (χ0) is 19.2. The van der Waals surface area contributed by atoms with Gasteiger partial charge in [0.15, 0.2) is 0 Å². The molecule has 2 fully saturated rings. The van der Waals surface area contributed by atoms with E-state index < -0.39 is 11.8 Å². The molecule has 27 heavy (non-hydrogen) atoms. The van der Waals surface area contributed by atoms with Crippen molar-refractivity contribution in [2.45, 2.75) is 32.1 Å². The highest BCUT2D eigenvalue weighted by Gasteiger charge is 2.31. The lowest BCUT2D eigenvalue weighted by Gasteiger charge is -2.37. The molecule has 2 N–H and O–H groups in total. The second-order valence-electron chi connectivity index (χ2n) is 7.89. The van der Waals surface area contributed by atoms with Crippen LogP contribution in [-0.2, 0) is 4.79 Å². The standard InChI is InChI=1S/C21H29BrN4O/c22-18-2-1-3-19(14-18)26-12-10-25(11-13-26)9-8-16-4-6-17(7-5-16)20(15-23)21(24)27/h1-3,14,16-17,20H,4-13H2,(H2,24,27). The van der Waals surface area contributed by atoms with Crippen LogP contribution in [0.2, 0.25) is 0 Å². The number of primary amides is 1. The fraction of sp³-hybridized carbons (Fsp3) is 0.619. The molecule has 1 amide bonds. The lowest BCUT2D eigenvalue weighted by molar-refractivity contribution is -0.122. The first-order valence-corrected chi connectivity index (χ1v) is 10.8. The van der Waals surface area contributed by atoms with Crippen molar-refractivity contribution in [1.82, 2.24) is 4.90 Å². The van der Waals surface area contributed by atoms with Crippen LogP contribution in [0.4, 0.5) is 5.69 Å². The highest BCUT2D eigenvalue weighted by molar-refractivity contribution is 9.10. The van der Waals surface area contributed by atoms with E-state index in [1.165, 1.54) is 12.1 Å². The molecule has 1 aromatic rings. The molecule has 0 aromatic heterocycles. The van der Waals surface area contributed by atoms with Crippen LogP contribution in [0.1, 0.15) is 32.1 Å². The molecule has 1 saturated carbocycles. The van der Waals surface area contributed by atoms with Crippen molar-refractivity contribution in [3.8, 4) is 6.07 Å². The lowest BCUT2D eigenvalue weighted by Crippen LogP contribution is -2.47. The van der Waals surface area contributed by atoms with E-state index >= 15 is 0 Å². The van der Waals surface area contributed by atoms with Gasteiger partial charge in [-0.2, -0.15) is 5.26 Å². The highest BCUT2D eigenvalue weighted by atomic mass is 79.9. The number of hydrogen-bond acceptors (Lipinski definition) is 4. The molecule has 146 valence electrons. The molecule has 1 aromatic carbocycles. The van der Waals surface area contributed by atoms with Crippen molar-refractivity contribution >= 4 is 27.5 Å². The molecule has 1 unspecified atom stereocenters. The zero-order valence-corrected chi connectivity index (χ0v) is 17.4. The molecule has 1 aliphatic heterocycles. The molecule has 1 saturated heterocycles. The monoisotopic (exact) mass is 432 g/mol. The van der Waals surface area contributed by atoms with Gasteiger partial charge < -0.3 is 10.6 Å². The third kappa shape index (κ3) is 5.46. The van der Waals surface area contributed by atoms with E-state index in [1.807, 2.05) is 0 Å². The minimum Gasteiger partial charge on any atom is -0.369 e. The Morgan fingerprint density at radius 3 is 2.52 bits per heavy atom. The summed E-state index contributed by atoms with van der Waals surface area (Å²) < 4.78 is 1.13. The molecule has 5 nitrogen and oxygen atoms in total. The quantitative estimate of drug-likeness (QED) is 0.747. The summed E-state index contributed by atoms with van der Waals surface area (Å²) in [7, 11) is 0. The number of halogens is 1. The van der Waals surface area contributed by atoms with Gasteiger partial charge in [-0.05, 0) is 55.8 Å². The van der Waals surface area contributed by atoms with Crippen molar-refractivity contribution in [3.05, 3.63) is 28.7 Å². The average molecular weight is 433 g/mol. The van der Waals surface area contributed by atoms with Crippen LogP contribution in [0, 0.1) is 29.1 Å². The Balaban J connectivity index is 1.37. The molecule has 6 heteroatoms. The van der Waals surface area contributed by atoms with Crippen LogP contribution >= 0.6 is 15.9 Å². The maximum absolute atomic E-state index is 11.4. The first kappa shape index (κ1) is 20.2. The summed E-state index contributed by atoms with van der Waals surface area (Å²) in [5.74, 6) is -0.171. The summed E-state index contributed by atoms with van der Waals surface area (Å²) in [4.78, 5) is 16.4. The number of carbonyl (C=O) groups excluding carboxylic acids is 1. The van der Waals surface area contributed by atoms with Gasteiger partial charge in [-0.1, -0.05) is 34.8 Å². The van der Waals surface area contributed by atoms with E-state index in [0.717, 1.165) is 68.8 Å². The van der Waals surface area contributed by atoms with Gasteiger partial charge in [0, 0.05) is 36.3 Å². The third-order valence-corrected chi connectivity index (χ3v) is 6.70. The fourth-order valence-corrected chi connectivity index (χ4v) is 4.87. The Hall–Kier alpha value is -1.58. The topological polar surface area (TPSA) is 73.4 Å². The van der Waals surface area contributed by atoms with Crippen LogP contribution in [0.25, 0.3) is 0 Å². The van der Waals surface area contributed by atoms with Crippen molar-refractivity contribution in [2.75, 3.05) is 37.6 Å². The van der Waals surface area contributed by atoms with E-state index in [2.05, 4.69) is 56.1 Å². The van der Waals surface area contributed by atoms with Crippen molar-refractivity contribution in [2.24, 2.45) is 23.5 Å². The normalized spacial score (nSPS) is 25.0. The Morgan fingerprint density at radius 1 is 1.22 bits per heavy atom. The number of carbonyl (C=O) groups is 1. The summed E-state index contributed by atoms with van der Waals surface area (Å²) in [5.41, 5.74) is 6.65. The van der Waals surface area contributed by atoms with Gasteiger partial charge in [0.1, 0.15) is 5.92 Å². The molecule has 1 heterocycles. The predicted octanol–water partition coefficient (Wildman–Crippen LogP) is 3.39. The third-order valence-electron chi connectivity index (χ3n) is 6.21. The summed E-state index contributed by atoms with van der Waals surface area (Å²) in [6.45, 7) is 5.52. The van der Waals surface area contributed by atoms with Crippen LogP contribution in [0.15, 0.2) is 28.7 Å². The minimum atomic E-state index is -0.600. The number of benzene rings is 1. The molecular weight excluding hydrogens is 404 g/mol. The smallest absolute Gasteiger partial charge is 0.235 e. The first-order valence-electron chi connectivity index (χ1n) is 9.98. The first-order chi connectivity index (χ1) is 13.1. The van der Waals surface area contributed by atoms with Gasteiger partial charge in [0.25, 0.3) is 0 Å². The number of nitriles is 1. The molecule has 3 rings (SSSR count). The van der Waals surface area contributed by atoms with E-state index in [-0.39, 0.29) is 5.92 Å². The van der Waals surface area contributed by atoms with Crippen LogP contribution in [-0.4, -0.2) is 43.5 Å². The fourth-order valence-electron chi connectivity index (χ4n) is 4.48. The minimum absolute atomic E-state index is 0.164. The molecule has 0 bridgehead atoms. The van der Waals surface area contributed by atoms with E-state index in [1.54, 1.807) is 0 Å².